The zero-order valence-corrected chi connectivity index (χ0v) is 12.5. The molecule has 0 bridgehead atoms. The number of nitrogens with one attached hydrogen (secondary N) is 1. The van der Waals surface area contributed by atoms with Crippen molar-refractivity contribution in [2.75, 3.05) is 0 Å². The molecule has 0 heterocycles. The first-order chi connectivity index (χ1) is 9.61. The lowest BCUT2D eigenvalue weighted by Crippen LogP contribution is -2.26. The Morgan fingerprint density at radius 3 is 2.70 bits per heavy atom. The average molecular weight is 329 g/mol. The van der Waals surface area contributed by atoms with E-state index in [9.17, 15) is 4.79 Å². The molecule has 100 valence electrons. The fraction of sp³-hybridized carbons (Fsp3) is 0.125. The Balaban J connectivity index is 2.15. The summed E-state index contributed by atoms with van der Waals surface area (Å²) < 4.78 is 0.957. The zero-order chi connectivity index (χ0) is 14.5. The highest BCUT2D eigenvalue weighted by molar-refractivity contribution is 9.10. The van der Waals surface area contributed by atoms with Gasteiger partial charge in [-0.15, -0.1) is 0 Å². The lowest BCUT2D eigenvalue weighted by Gasteiger charge is -2.16. The summed E-state index contributed by atoms with van der Waals surface area (Å²) in [6.07, 6.45) is 0. The van der Waals surface area contributed by atoms with Crippen LogP contribution in [-0.4, -0.2) is 5.91 Å². The molecular formula is C16H13BrN2O. The maximum Gasteiger partial charge on any atom is 0.251 e. The second-order valence-corrected chi connectivity index (χ2v) is 5.26. The third-order valence-electron chi connectivity index (χ3n) is 2.97. The smallest absolute Gasteiger partial charge is 0.251 e. The van der Waals surface area contributed by atoms with Crippen LogP contribution in [0, 0.1) is 11.3 Å². The number of rotatable bonds is 3. The third-order valence-corrected chi connectivity index (χ3v) is 3.70. The number of hydrogen-bond donors (Lipinski definition) is 1. The minimum Gasteiger partial charge on any atom is -0.345 e. The van der Waals surface area contributed by atoms with Gasteiger partial charge in [0.2, 0.25) is 0 Å². The molecule has 20 heavy (non-hydrogen) atoms. The SMILES string of the molecule is C[C@@H](NC(=O)c1cccc(C#N)c1)c1ccccc1Br. The number of amides is 1. The van der Waals surface area contributed by atoms with Crippen molar-refractivity contribution in [1.29, 1.82) is 5.26 Å². The van der Waals surface area contributed by atoms with Gasteiger partial charge in [-0.1, -0.05) is 40.2 Å². The van der Waals surface area contributed by atoms with Crippen LogP contribution in [0.2, 0.25) is 0 Å². The highest BCUT2D eigenvalue weighted by Gasteiger charge is 2.13. The Hall–Kier alpha value is -2.12. The van der Waals surface area contributed by atoms with Crippen LogP contribution in [0.3, 0.4) is 0 Å². The molecule has 2 aromatic rings. The Morgan fingerprint density at radius 2 is 2.00 bits per heavy atom. The molecule has 1 atom stereocenters. The molecule has 0 aromatic heterocycles. The van der Waals surface area contributed by atoms with Crippen molar-refractivity contribution in [2.45, 2.75) is 13.0 Å². The summed E-state index contributed by atoms with van der Waals surface area (Å²) in [7, 11) is 0. The molecule has 3 nitrogen and oxygen atoms in total. The molecule has 0 saturated heterocycles. The van der Waals surface area contributed by atoms with E-state index in [4.69, 9.17) is 5.26 Å². The molecule has 1 N–H and O–H groups in total. The predicted molar refractivity (Wildman–Crippen MR) is 81.2 cm³/mol. The zero-order valence-electron chi connectivity index (χ0n) is 10.9. The third kappa shape index (κ3) is 3.25. The maximum atomic E-state index is 12.2. The van der Waals surface area contributed by atoms with Crippen LogP contribution in [0.25, 0.3) is 0 Å². The minimum absolute atomic E-state index is 0.121. The van der Waals surface area contributed by atoms with Crippen LogP contribution in [0.5, 0.6) is 0 Å². The van der Waals surface area contributed by atoms with Gasteiger partial charge in [0.05, 0.1) is 17.7 Å². The van der Waals surface area contributed by atoms with Crippen molar-refractivity contribution in [3.63, 3.8) is 0 Å². The van der Waals surface area contributed by atoms with Gasteiger partial charge in [-0.2, -0.15) is 5.26 Å². The maximum absolute atomic E-state index is 12.2. The molecule has 0 aliphatic carbocycles. The van der Waals surface area contributed by atoms with E-state index >= 15 is 0 Å². The highest BCUT2D eigenvalue weighted by atomic mass is 79.9. The quantitative estimate of drug-likeness (QED) is 0.931. The van der Waals surface area contributed by atoms with Gasteiger partial charge in [-0.3, -0.25) is 4.79 Å². The van der Waals surface area contributed by atoms with Crippen LogP contribution in [0.4, 0.5) is 0 Å². The fourth-order valence-electron chi connectivity index (χ4n) is 1.91. The van der Waals surface area contributed by atoms with Crippen molar-refractivity contribution < 1.29 is 4.79 Å². The Morgan fingerprint density at radius 1 is 1.25 bits per heavy atom. The molecule has 2 aromatic carbocycles. The van der Waals surface area contributed by atoms with Gasteiger partial charge in [-0.25, -0.2) is 0 Å². The topological polar surface area (TPSA) is 52.9 Å². The van der Waals surface area contributed by atoms with Crippen LogP contribution in [0.1, 0.15) is 34.5 Å². The molecule has 0 fully saturated rings. The lowest BCUT2D eigenvalue weighted by molar-refractivity contribution is 0.0939. The van der Waals surface area contributed by atoms with Gasteiger partial charge in [0.1, 0.15) is 0 Å². The number of carbonyl (C=O) groups is 1. The molecule has 0 saturated carbocycles. The Bertz CT molecular complexity index is 676. The van der Waals surface area contributed by atoms with E-state index in [1.807, 2.05) is 37.3 Å². The standard InChI is InChI=1S/C16H13BrN2O/c1-11(14-7-2-3-8-15(14)17)19-16(20)13-6-4-5-12(9-13)10-18/h2-9,11H,1H3,(H,19,20)/t11-/m1/s1. The summed E-state index contributed by atoms with van der Waals surface area (Å²) in [5.74, 6) is -0.189. The molecule has 0 spiro atoms. The molecule has 4 heteroatoms. The monoisotopic (exact) mass is 328 g/mol. The summed E-state index contributed by atoms with van der Waals surface area (Å²) in [5.41, 5.74) is 1.98. The van der Waals surface area contributed by atoms with Crippen molar-refractivity contribution in [3.8, 4) is 6.07 Å². The minimum atomic E-state index is -0.189. The van der Waals surface area contributed by atoms with E-state index < -0.39 is 0 Å². The molecule has 2 rings (SSSR count). The Kier molecular flexibility index (Phi) is 4.54. The van der Waals surface area contributed by atoms with Crippen LogP contribution in [0.15, 0.2) is 53.0 Å². The molecular weight excluding hydrogens is 316 g/mol. The number of nitrogens with zero attached hydrogens (tertiary/aromatic N) is 1. The average Bonchev–Trinajstić information content (AvgIpc) is 2.47. The first kappa shape index (κ1) is 14.3. The first-order valence-electron chi connectivity index (χ1n) is 6.17. The van der Waals surface area contributed by atoms with Crippen molar-refractivity contribution in [2.24, 2.45) is 0 Å². The predicted octanol–water partition coefficient (Wildman–Crippen LogP) is 3.81. The molecule has 0 unspecified atom stereocenters. The number of benzene rings is 2. The summed E-state index contributed by atoms with van der Waals surface area (Å²) in [6, 6.07) is 16.3. The molecule has 1 amide bonds. The summed E-state index contributed by atoms with van der Waals surface area (Å²) in [5, 5.41) is 11.8. The van der Waals surface area contributed by atoms with E-state index in [0.29, 0.717) is 11.1 Å². The van der Waals surface area contributed by atoms with Gasteiger partial charge in [-0.05, 0) is 36.8 Å². The molecule has 0 radical (unpaired) electrons. The number of halogens is 1. The number of hydrogen-bond acceptors (Lipinski definition) is 2. The second-order valence-electron chi connectivity index (χ2n) is 4.41. The van der Waals surface area contributed by atoms with Crippen molar-refractivity contribution in [3.05, 3.63) is 69.7 Å². The summed E-state index contributed by atoms with van der Waals surface area (Å²) in [4.78, 5) is 12.2. The van der Waals surface area contributed by atoms with Crippen molar-refractivity contribution in [1.82, 2.24) is 5.32 Å². The summed E-state index contributed by atoms with van der Waals surface area (Å²) >= 11 is 3.47. The van der Waals surface area contributed by atoms with Crippen LogP contribution >= 0.6 is 15.9 Å². The Labute approximate surface area is 126 Å². The molecule has 0 aliphatic heterocycles. The van der Waals surface area contributed by atoms with E-state index in [1.165, 1.54) is 0 Å². The van der Waals surface area contributed by atoms with Gasteiger partial charge in [0, 0.05) is 10.0 Å². The van der Waals surface area contributed by atoms with Crippen molar-refractivity contribution >= 4 is 21.8 Å². The van der Waals surface area contributed by atoms with E-state index in [1.54, 1.807) is 24.3 Å². The van der Waals surface area contributed by atoms with Gasteiger partial charge < -0.3 is 5.32 Å². The van der Waals surface area contributed by atoms with E-state index in [0.717, 1.165) is 10.0 Å². The normalized spacial score (nSPS) is 11.4. The van der Waals surface area contributed by atoms with Crippen LogP contribution in [-0.2, 0) is 0 Å². The van der Waals surface area contributed by atoms with Gasteiger partial charge in [0.15, 0.2) is 0 Å². The fourth-order valence-corrected chi connectivity index (χ4v) is 2.54. The van der Waals surface area contributed by atoms with Gasteiger partial charge >= 0.3 is 0 Å². The largest absolute Gasteiger partial charge is 0.345 e. The number of carbonyl (C=O) groups excluding carboxylic acids is 1. The lowest BCUT2D eigenvalue weighted by atomic mass is 10.1. The van der Waals surface area contributed by atoms with E-state index in [2.05, 4.69) is 21.2 Å². The van der Waals surface area contributed by atoms with Gasteiger partial charge in [0.25, 0.3) is 5.91 Å². The highest BCUT2D eigenvalue weighted by Crippen LogP contribution is 2.23. The molecule has 0 aliphatic rings. The van der Waals surface area contributed by atoms with Crippen LogP contribution < -0.4 is 5.32 Å². The second kappa shape index (κ2) is 6.36. The first-order valence-corrected chi connectivity index (χ1v) is 6.96. The van der Waals surface area contributed by atoms with E-state index in [-0.39, 0.29) is 11.9 Å². The summed E-state index contributed by atoms with van der Waals surface area (Å²) in [6.45, 7) is 1.92. The number of nitriles is 1.